The monoisotopic (exact) mass is 326 g/mol. The molecule has 0 aliphatic heterocycles. The van der Waals surface area contributed by atoms with Crippen molar-refractivity contribution in [1.82, 2.24) is 20.6 Å². The van der Waals surface area contributed by atoms with Gasteiger partial charge in [0, 0.05) is 12.1 Å². The summed E-state index contributed by atoms with van der Waals surface area (Å²) in [5.41, 5.74) is 0.170. The smallest absolute Gasteiger partial charge is 0.393 e. The summed E-state index contributed by atoms with van der Waals surface area (Å²) in [4.78, 5) is 18.6. The Balaban J connectivity index is 1.77. The zero-order valence-electron chi connectivity index (χ0n) is 10.9. The van der Waals surface area contributed by atoms with Crippen LogP contribution in [0.4, 0.5) is 26.7 Å². The number of hydrogen-bond acceptors (Lipinski definition) is 4. The Morgan fingerprint density at radius 3 is 2.73 bits per heavy atom. The van der Waals surface area contributed by atoms with Crippen molar-refractivity contribution in [2.75, 3.05) is 0 Å². The second-order valence-electron chi connectivity index (χ2n) is 4.54. The van der Waals surface area contributed by atoms with Gasteiger partial charge in [0.15, 0.2) is 0 Å². The second kappa shape index (κ2) is 6.28. The van der Waals surface area contributed by atoms with Crippen LogP contribution >= 0.6 is 0 Å². The summed E-state index contributed by atoms with van der Waals surface area (Å²) in [5.74, 6) is -1.90. The van der Waals surface area contributed by atoms with Crippen LogP contribution in [0.1, 0.15) is 12.1 Å². The van der Waals surface area contributed by atoms with Gasteiger partial charge in [-0.2, -0.15) is 22.0 Å². The summed E-state index contributed by atoms with van der Waals surface area (Å²) in [6, 6.07) is -0.656. The Bertz CT molecular complexity index is 539. The largest absolute Gasteiger partial charge is 0.417 e. The Morgan fingerprint density at radius 1 is 1.41 bits per heavy atom. The summed E-state index contributed by atoms with van der Waals surface area (Å²) in [6.07, 6.45) is -3.52. The molecule has 1 fully saturated rings. The molecule has 6 nitrogen and oxygen atoms in total. The molecule has 122 valence electrons. The molecule has 1 saturated carbocycles. The molecule has 2 amide bonds. The molecule has 2 rings (SSSR count). The molecule has 1 aromatic heterocycles. The van der Waals surface area contributed by atoms with Crippen molar-refractivity contribution in [2.24, 2.45) is 5.92 Å². The van der Waals surface area contributed by atoms with E-state index in [4.69, 9.17) is 0 Å². The second-order valence-corrected chi connectivity index (χ2v) is 4.54. The number of nitrogens with one attached hydrogen (secondary N) is 2. The maximum absolute atomic E-state index is 12.3. The van der Waals surface area contributed by atoms with E-state index in [-0.39, 0.29) is 24.5 Å². The van der Waals surface area contributed by atoms with Gasteiger partial charge in [-0.3, -0.25) is 0 Å². The van der Waals surface area contributed by atoms with Crippen LogP contribution in [0.5, 0.6) is 5.88 Å². The van der Waals surface area contributed by atoms with Crippen molar-refractivity contribution in [2.45, 2.75) is 31.8 Å². The van der Waals surface area contributed by atoms with Gasteiger partial charge in [0.1, 0.15) is 6.33 Å². The van der Waals surface area contributed by atoms with Crippen LogP contribution in [0.2, 0.25) is 0 Å². The van der Waals surface area contributed by atoms with E-state index < -0.39 is 30.8 Å². The maximum Gasteiger partial charge on any atom is 0.393 e. The number of rotatable bonds is 5. The lowest BCUT2D eigenvalue weighted by molar-refractivity contribution is -0.148. The van der Waals surface area contributed by atoms with Crippen LogP contribution in [0.3, 0.4) is 0 Å². The topological polar surface area (TPSA) is 76.1 Å². The predicted molar refractivity (Wildman–Crippen MR) is 62.0 cm³/mol. The van der Waals surface area contributed by atoms with Gasteiger partial charge in [-0.05, 0) is 6.42 Å². The molecule has 0 bridgehead atoms. The van der Waals surface area contributed by atoms with Crippen LogP contribution in [0.15, 0.2) is 12.4 Å². The average Bonchev–Trinajstić information content (AvgIpc) is 3.15. The minimum atomic E-state index is -4.33. The number of halogens is 5. The van der Waals surface area contributed by atoms with E-state index >= 15 is 0 Å². The van der Waals surface area contributed by atoms with Gasteiger partial charge in [-0.15, -0.1) is 0 Å². The molecule has 1 heterocycles. The van der Waals surface area contributed by atoms with Crippen LogP contribution in [-0.2, 0) is 6.54 Å². The first-order chi connectivity index (χ1) is 10.3. The fourth-order valence-corrected chi connectivity index (χ4v) is 1.74. The fourth-order valence-electron chi connectivity index (χ4n) is 1.74. The molecule has 2 N–H and O–H groups in total. The van der Waals surface area contributed by atoms with E-state index in [1.165, 1.54) is 0 Å². The van der Waals surface area contributed by atoms with E-state index in [2.05, 4.69) is 25.3 Å². The molecule has 1 aliphatic carbocycles. The molecular weight excluding hydrogens is 315 g/mol. The first-order valence-electron chi connectivity index (χ1n) is 6.12. The summed E-state index contributed by atoms with van der Waals surface area (Å²) >= 11 is 0. The highest BCUT2D eigenvalue weighted by Gasteiger charge is 2.56. The molecule has 1 aliphatic rings. The first-order valence-corrected chi connectivity index (χ1v) is 6.12. The quantitative estimate of drug-likeness (QED) is 0.810. The van der Waals surface area contributed by atoms with Crippen LogP contribution in [-0.4, -0.2) is 34.8 Å². The number of urea groups is 1. The number of amides is 2. The highest BCUT2D eigenvalue weighted by molar-refractivity contribution is 5.74. The maximum atomic E-state index is 12.3. The van der Waals surface area contributed by atoms with Crippen LogP contribution in [0.25, 0.3) is 0 Å². The molecule has 0 radical (unpaired) electrons. The molecule has 2 atom stereocenters. The molecule has 22 heavy (non-hydrogen) atoms. The third kappa shape index (κ3) is 4.67. The third-order valence-electron chi connectivity index (χ3n) is 2.87. The minimum absolute atomic E-state index is 0.156. The molecule has 0 aromatic carbocycles. The number of ether oxygens (including phenoxy) is 1. The highest BCUT2D eigenvalue weighted by Crippen LogP contribution is 2.44. The Morgan fingerprint density at radius 2 is 2.14 bits per heavy atom. The van der Waals surface area contributed by atoms with Crippen LogP contribution < -0.4 is 15.4 Å². The molecule has 0 saturated heterocycles. The molecule has 11 heteroatoms. The first kappa shape index (κ1) is 16.2. The molecule has 1 aromatic rings. The van der Waals surface area contributed by atoms with E-state index in [0.29, 0.717) is 0 Å². The number of carbonyl (C=O) groups is 1. The number of nitrogens with zero attached hydrogens (tertiary/aromatic N) is 2. The SMILES string of the molecule is O=C(NCc1cc(OC(F)F)ncn1)N[C@H]1C[C@@H]1C(F)(F)F. The van der Waals surface area contributed by atoms with Crippen molar-refractivity contribution in [3.8, 4) is 5.88 Å². The number of hydrogen-bond donors (Lipinski definition) is 2. The molecular formula is C11H11F5N4O2. The minimum Gasteiger partial charge on any atom is -0.417 e. The van der Waals surface area contributed by atoms with E-state index in [9.17, 15) is 26.7 Å². The molecule has 0 unspecified atom stereocenters. The third-order valence-corrected chi connectivity index (χ3v) is 2.87. The van der Waals surface area contributed by atoms with Crippen molar-refractivity contribution < 1.29 is 31.5 Å². The number of aromatic nitrogens is 2. The van der Waals surface area contributed by atoms with Crippen molar-refractivity contribution in [3.63, 3.8) is 0 Å². The highest BCUT2D eigenvalue weighted by atomic mass is 19.4. The standard InChI is InChI=1S/C11H11F5N4O2/c12-9(13)22-8-1-5(18-4-19-8)3-17-10(21)20-7-2-6(7)11(14,15)16/h1,4,6-7,9H,2-3H2,(H2,17,20,21)/t6-,7-/m0/s1. The van der Waals surface area contributed by atoms with Gasteiger partial charge in [0.25, 0.3) is 0 Å². The van der Waals surface area contributed by atoms with Crippen molar-refractivity contribution >= 4 is 6.03 Å². The van der Waals surface area contributed by atoms with Crippen molar-refractivity contribution in [3.05, 3.63) is 18.1 Å². The van der Waals surface area contributed by atoms with Gasteiger partial charge in [0.2, 0.25) is 5.88 Å². The van der Waals surface area contributed by atoms with E-state index in [0.717, 1.165) is 12.4 Å². The van der Waals surface area contributed by atoms with Gasteiger partial charge < -0.3 is 15.4 Å². The van der Waals surface area contributed by atoms with Gasteiger partial charge in [-0.25, -0.2) is 14.8 Å². The van der Waals surface area contributed by atoms with Crippen LogP contribution in [0, 0.1) is 5.92 Å². The lowest BCUT2D eigenvalue weighted by Crippen LogP contribution is -2.38. The lowest BCUT2D eigenvalue weighted by Gasteiger charge is -2.09. The number of alkyl halides is 5. The van der Waals surface area contributed by atoms with Gasteiger partial charge in [0.05, 0.1) is 18.2 Å². The van der Waals surface area contributed by atoms with E-state index in [1.54, 1.807) is 0 Å². The number of carbonyl (C=O) groups excluding carboxylic acids is 1. The van der Waals surface area contributed by atoms with Gasteiger partial charge in [-0.1, -0.05) is 0 Å². The molecule has 0 spiro atoms. The van der Waals surface area contributed by atoms with Crippen molar-refractivity contribution in [1.29, 1.82) is 0 Å². The predicted octanol–water partition coefficient (Wildman–Crippen LogP) is 1.83. The summed E-state index contributed by atoms with van der Waals surface area (Å²) in [7, 11) is 0. The Kier molecular flexibility index (Phi) is 4.62. The summed E-state index contributed by atoms with van der Waals surface area (Å²) in [5, 5.41) is 4.43. The van der Waals surface area contributed by atoms with Gasteiger partial charge >= 0.3 is 18.8 Å². The fraction of sp³-hybridized carbons (Fsp3) is 0.545. The zero-order valence-corrected chi connectivity index (χ0v) is 10.9. The van der Waals surface area contributed by atoms with E-state index in [1.807, 2.05) is 0 Å². The Labute approximate surface area is 121 Å². The summed E-state index contributed by atoms with van der Waals surface area (Å²) in [6.45, 7) is -3.22. The zero-order chi connectivity index (χ0) is 16.3. The lowest BCUT2D eigenvalue weighted by atomic mass is 10.4. The Hall–Kier alpha value is -2.20. The normalized spacial score (nSPS) is 20.6. The summed E-state index contributed by atoms with van der Waals surface area (Å²) < 4.78 is 64.9. The average molecular weight is 326 g/mol.